The Kier molecular flexibility index (Phi) is 8.98. The number of hydrogen-bond acceptors (Lipinski definition) is 3. The Labute approximate surface area is 188 Å². The molecule has 166 valence electrons. The molecule has 3 unspecified atom stereocenters. The fourth-order valence-electron chi connectivity index (χ4n) is 3.95. The highest BCUT2D eigenvalue weighted by Gasteiger charge is 2.52. The van der Waals surface area contributed by atoms with Crippen molar-refractivity contribution in [2.24, 2.45) is 5.92 Å². The highest BCUT2D eigenvalue weighted by molar-refractivity contribution is 7.91. The molecule has 0 radical (unpaired) electrons. The second kappa shape index (κ2) is 11.9. The van der Waals surface area contributed by atoms with Crippen molar-refractivity contribution in [2.45, 2.75) is 50.2 Å². The molecule has 31 heavy (non-hydrogen) atoms. The molecule has 1 aliphatic rings. The molecule has 0 aliphatic carbocycles. The summed E-state index contributed by atoms with van der Waals surface area (Å²) < 4.78 is 12.8. The predicted molar refractivity (Wildman–Crippen MR) is 125 cm³/mol. The molecular weight excluding hydrogens is 408 g/mol. The SMILES string of the molecule is CC1C(=O)N(CC(=O)NCCCCCCc2ccccc2)C1[S+]([O-])Cc1ccccc1. The Balaban J connectivity index is 1.32. The minimum Gasteiger partial charge on any atom is -0.614 e. The first kappa shape index (κ1) is 23.4. The standard InChI is InChI=1S/C25H32N2O3S/c1-20-24(29)27(25(20)31(30)19-22-15-9-5-10-16-22)18-23(28)26-17-11-3-2-6-12-21-13-7-4-8-14-21/h4-5,7-10,13-16,20,25H,2-3,6,11-12,17-19H2,1H3,(H,26,28). The number of nitrogens with zero attached hydrogens (tertiary/aromatic N) is 1. The lowest BCUT2D eigenvalue weighted by Crippen LogP contribution is -2.65. The molecule has 0 spiro atoms. The van der Waals surface area contributed by atoms with Crippen molar-refractivity contribution in [3.8, 4) is 0 Å². The smallest absolute Gasteiger partial charge is 0.239 e. The average Bonchev–Trinajstić information content (AvgIpc) is 2.79. The normalized spacial score (nSPS) is 19.0. The van der Waals surface area contributed by atoms with Gasteiger partial charge in [0.05, 0.1) is 0 Å². The number of nitrogens with one attached hydrogen (secondary N) is 1. The number of rotatable bonds is 12. The summed E-state index contributed by atoms with van der Waals surface area (Å²) in [5, 5.41) is 2.51. The average molecular weight is 441 g/mol. The summed E-state index contributed by atoms with van der Waals surface area (Å²) in [5.41, 5.74) is 2.34. The number of carbonyl (C=O) groups is 2. The Morgan fingerprint density at radius 2 is 1.58 bits per heavy atom. The maximum atomic E-state index is 12.8. The minimum atomic E-state index is -1.23. The highest BCUT2D eigenvalue weighted by Crippen LogP contribution is 2.32. The number of carbonyl (C=O) groups excluding carboxylic acids is 2. The van der Waals surface area contributed by atoms with Crippen molar-refractivity contribution in [3.05, 3.63) is 71.8 Å². The largest absolute Gasteiger partial charge is 0.614 e. The molecule has 2 aromatic carbocycles. The lowest BCUT2D eigenvalue weighted by atomic mass is 10.0. The summed E-state index contributed by atoms with van der Waals surface area (Å²) in [6.07, 6.45) is 5.36. The number of amides is 2. The number of unbranched alkanes of at least 4 members (excludes halogenated alkanes) is 3. The molecule has 1 N–H and O–H groups in total. The second-order valence-electron chi connectivity index (χ2n) is 8.16. The molecule has 0 saturated carbocycles. The molecule has 5 nitrogen and oxygen atoms in total. The van der Waals surface area contributed by atoms with E-state index in [2.05, 4.69) is 29.6 Å². The van der Waals surface area contributed by atoms with Crippen molar-refractivity contribution in [3.63, 3.8) is 0 Å². The maximum Gasteiger partial charge on any atom is 0.239 e. The Bertz CT molecular complexity index is 831. The molecule has 0 bridgehead atoms. The zero-order chi connectivity index (χ0) is 22.1. The fourth-order valence-corrected chi connectivity index (χ4v) is 5.67. The van der Waals surface area contributed by atoms with Crippen molar-refractivity contribution in [1.82, 2.24) is 10.2 Å². The Morgan fingerprint density at radius 3 is 2.26 bits per heavy atom. The molecule has 0 aromatic heterocycles. The van der Waals surface area contributed by atoms with Gasteiger partial charge in [0, 0.05) is 12.1 Å². The molecule has 1 heterocycles. The molecule has 3 rings (SSSR count). The fraction of sp³-hybridized carbons (Fsp3) is 0.440. The summed E-state index contributed by atoms with van der Waals surface area (Å²) in [4.78, 5) is 26.0. The first-order valence-electron chi connectivity index (χ1n) is 11.1. The van der Waals surface area contributed by atoms with Crippen LogP contribution in [-0.4, -0.2) is 39.7 Å². The molecule has 6 heteroatoms. The van der Waals surface area contributed by atoms with Gasteiger partial charge in [-0.2, -0.15) is 0 Å². The molecule has 2 aromatic rings. The first-order chi connectivity index (χ1) is 15.1. The Morgan fingerprint density at radius 1 is 0.968 bits per heavy atom. The molecular formula is C25H32N2O3S. The van der Waals surface area contributed by atoms with Gasteiger partial charge in [-0.15, -0.1) is 0 Å². The van der Waals surface area contributed by atoms with E-state index in [4.69, 9.17) is 0 Å². The molecule has 2 amide bonds. The molecule has 1 fully saturated rings. The van der Waals surface area contributed by atoms with Crippen LogP contribution in [0.3, 0.4) is 0 Å². The number of likely N-dealkylation sites (tertiary alicyclic amines) is 1. The van der Waals surface area contributed by atoms with Gasteiger partial charge < -0.3 is 9.87 Å². The van der Waals surface area contributed by atoms with Gasteiger partial charge in [0.1, 0.15) is 18.2 Å². The lowest BCUT2D eigenvalue weighted by Gasteiger charge is -2.44. The van der Waals surface area contributed by atoms with E-state index in [1.165, 1.54) is 10.5 Å². The van der Waals surface area contributed by atoms with Crippen molar-refractivity contribution in [2.75, 3.05) is 13.1 Å². The molecule has 1 aliphatic heterocycles. The number of aryl methyl sites for hydroxylation is 1. The van der Waals surface area contributed by atoms with Crippen molar-refractivity contribution < 1.29 is 14.1 Å². The van der Waals surface area contributed by atoms with Crippen LogP contribution in [0.25, 0.3) is 0 Å². The first-order valence-corrected chi connectivity index (χ1v) is 12.5. The van der Waals surface area contributed by atoms with Gasteiger partial charge in [0.15, 0.2) is 0 Å². The van der Waals surface area contributed by atoms with Crippen LogP contribution in [0.1, 0.15) is 43.7 Å². The summed E-state index contributed by atoms with van der Waals surface area (Å²) in [7, 11) is 0. The van der Waals surface area contributed by atoms with E-state index in [0.29, 0.717) is 12.3 Å². The third kappa shape index (κ3) is 6.84. The minimum absolute atomic E-state index is 0.0115. The monoisotopic (exact) mass is 440 g/mol. The highest BCUT2D eigenvalue weighted by atomic mass is 32.2. The van der Waals surface area contributed by atoms with Crippen molar-refractivity contribution in [1.29, 1.82) is 0 Å². The van der Waals surface area contributed by atoms with E-state index in [1.807, 2.05) is 36.4 Å². The number of benzene rings is 2. The number of β-lactam (4-membered cyclic amide) rings is 1. The van der Waals surface area contributed by atoms with Gasteiger partial charge in [-0.25, -0.2) is 0 Å². The van der Waals surface area contributed by atoms with Crippen molar-refractivity contribution >= 4 is 23.0 Å². The van der Waals surface area contributed by atoms with Gasteiger partial charge in [-0.05, 0) is 42.9 Å². The quantitative estimate of drug-likeness (QED) is 0.311. The summed E-state index contributed by atoms with van der Waals surface area (Å²) in [6.45, 7) is 2.39. The van der Waals surface area contributed by atoms with Gasteiger partial charge >= 0.3 is 0 Å². The van der Waals surface area contributed by atoms with Crippen LogP contribution in [0.4, 0.5) is 0 Å². The second-order valence-corrected chi connectivity index (χ2v) is 9.69. The van der Waals surface area contributed by atoms with Gasteiger partial charge in [-0.1, -0.05) is 73.5 Å². The van der Waals surface area contributed by atoms with E-state index in [0.717, 1.165) is 37.7 Å². The van der Waals surface area contributed by atoms with E-state index in [-0.39, 0.29) is 24.3 Å². The third-order valence-corrected chi connectivity index (χ3v) is 7.52. The van der Waals surface area contributed by atoms with Crippen LogP contribution in [0.5, 0.6) is 0 Å². The van der Waals surface area contributed by atoms with E-state index in [1.54, 1.807) is 6.92 Å². The number of hydrogen-bond donors (Lipinski definition) is 1. The van der Waals surface area contributed by atoms with Gasteiger partial charge in [0.25, 0.3) is 0 Å². The predicted octanol–water partition coefficient (Wildman–Crippen LogP) is 3.66. The zero-order valence-corrected chi connectivity index (χ0v) is 19.0. The summed E-state index contributed by atoms with van der Waals surface area (Å²) in [5.74, 6) is -0.180. The van der Waals surface area contributed by atoms with Gasteiger partial charge in [0.2, 0.25) is 17.2 Å². The summed E-state index contributed by atoms with van der Waals surface area (Å²) in [6, 6.07) is 20.1. The van der Waals surface area contributed by atoms with Gasteiger partial charge in [-0.3, -0.25) is 14.5 Å². The lowest BCUT2D eigenvalue weighted by molar-refractivity contribution is -0.152. The maximum absolute atomic E-state index is 12.8. The van der Waals surface area contributed by atoms with E-state index < -0.39 is 16.5 Å². The van der Waals surface area contributed by atoms with Crippen LogP contribution < -0.4 is 5.32 Å². The van der Waals surface area contributed by atoms with Crippen LogP contribution >= 0.6 is 0 Å². The van der Waals surface area contributed by atoms with Crippen LogP contribution in [0, 0.1) is 5.92 Å². The zero-order valence-electron chi connectivity index (χ0n) is 18.2. The molecule has 3 atom stereocenters. The molecule has 1 saturated heterocycles. The van der Waals surface area contributed by atoms with Crippen LogP contribution in [0.2, 0.25) is 0 Å². The van der Waals surface area contributed by atoms with E-state index >= 15 is 0 Å². The Hall–Kier alpha value is -2.31. The van der Waals surface area contributed by atoms with E-state index in [9.17, 15) is 14.1 Å². The summed E-state index contributed by atoms with van der Waals surface area (Å²) >= 11 is -1.23. The van der Waals surface area contributed by atoms with Crippen LogP contribution in [-0.2, 0) is 32.9 Å². The third-order valence-electron chi connectivity index (χ3n) is 5.70. The van der Waals surface area contributed by atoms with Crippen LogP contribution in [0.15, 0.2) is 60.7 Å². The topological polar surface area (TPSA) is 72.5 Å².